The molecule has 1 atom stereocenters. The molecule has 0 aliphatic heterocycles. The molecule has 0 amide bonds. The second kappa shape index (κ2) is 4.65. The third-order valence-corrected chi connectivity index (χ3v) is 3.16. The smallest absolute Gasteiger partial charge is 0.221 e. The van der Waals surface area contributed by atoms with Gasteiger partial charge in [0.15, 0.2) is 0 Å². The Labute approximate surface area is 115 Å². The molecule has 0 fully saturated rings. The lowest BCUT2D eigenvalue weighted by atomic mass is 9.67. The summed E-state index contributed by atoms with van der Waals surface area (Å²) in [5.74, 6) is -4.75. The number of halogens is 6. The molecule has 1 aliphatic rings. The molecule has 1 unspecified atom stereocenters. The molecule has 1 aliphatic carbocycles. The molecule has 1 nitrogen and oxygen atoms in total. The highest BCUT2D eigenvalue weighted by atomic mass is 19.4. The van der Waals surface area contributed by atoms with Crippen LogP contribution in [0.5, 0.6) is 0 Å². The number of nitriles is 1. The monoisotopic (exact) mass is 303 g/mol. The highest BCUT2D eigenvalue weighted by Gasteiger charge is 2.81. The molecular formula is C14H7F6N. The fraction of sp³-hybridized carbons (Fsp3) is 0.214. The van der Waals surface area contributed by atoms with Gasteiger partial charge in [-0.3, -0.25) is 0 Å². The highest BCUT2D eigenvalue weighted by Crippen LogP contribution is 2.64. The van der Waals surface area contributed by atoms with Crippen LogP contribution in [0.1, 0.15) is 5.56 Å². The SMILES string of the molecule is N#CC=CC1=C(c2ccccc2)C(F)(C(F)(F)F)C1(F)F. The summed E-state index contributed by atoms with van der Waals surface area (Å²) in [6.07, 6.45) is -4.68. The van der Waals surface area contributed by atoms with E-state index in [1.54, 1.807) is 0 Å². The Bertz CT molecular complexity index is 650. The molecule has 110 valence electrons. The largest absolute Gasteiger partial charge is 0.433 e. The van der Waals surface area contributed by atoms with Crippen LogP contribution in [0.25, 0.3) is 5.57 Å². The van der Waals surface area contributed by atoms with Crippen molar-refractivity contribution in [3.63, 3.8) is 0 Å². The van der Waals surface area contributed by atoms with Crippen molar-refractivity contribution in [1.82, 2.24) is 0 Å². The van der Waals surface area contributed by atoms with Crippen LogP contribution in [0.3, 0.4) is 0 Å². The van der Waals surface area contributed by atoms with E-state index >= 15 is 0 Å². The summed E-state index contributed by atoms with van der Waals surface area (Å²) in [4.78, 5) is 0. The number of alkyl halides is 6. The van der Waals surface area contributed by atoms with Gasteiger partial charge >= 0.3 is 12.1 Å². The number of allylic oxidation sites excluding steroid dienone is 4. The van der Waals surface area contributed by atoms with Crippen LogP contribution in [0.15, 0.2) is 48.1 Å². The Balaban J connectivity index is 2.73. The normalized spacial score (nSPS) is 24.8. The van der Waals surface area contributed by atoms with Gasteiger partial charge in [0.25, 0.3) is 5.67 Å². The summed E-state index contributed by atoms with van der Waals surface area (Å²) in [6.45, 7) is 0. The van der Waals surface area contributed by atoms with Gasteiger partial charge in [-0.25, -0.2) is 4.39 Å². The lowest BCUT2D eigenvalue weighted by Crippen LogP contribution is -2.63. The predicted octanol–water partition coefficient (Wildman–Crippen LogP) is 4.44. The van der Waals surface area contributed by atoms with Gasteiger partial charge in [0.05, 0.1) is 6.07 Å². The Morgan fingerprint density at radius 1 is 1.05 bits per heavy atom. The van der Waals surface area contributed by atoms with Crippen molar-refractivity contribution in [3.05, 3.63) is 53.6 Å². The van der Waals surface area contributed by atoms with E-state index in [1.807, 2.05) is 0 Å². The van der Waals surface area contributed by atoms with Crippen LogP contribution in [0, 0.1) is 11.3 Å². The van der Waals surface area contributed by atoms with E-state index in [-0.39, 0.29) is 5.56 Å². The summed E-state index contributed by atoms with van der Waals surface area (Å²) in [5, 5.41) is 8.33. The van der Waals surface area contributed by atoms with E-state index in [1.165, 1.54) is 24.3 Å². The number of rotatable bonds is 2. The van der Waals surface area contributed by atoms with Gasteiger partial charge in [0.1, 0.15) is 0 Å². The molecule has 0 N–H and O–H groups in total. The zero-order chi connectivity index (χ0) is 15.9. The van der Waals surface area contributed by atoms with E-state index in [9.17, 15) is 26.3 Å². The molecule has 0 bridgehead atoms. The van der Waals surface area contributed by atoms with Gasteiger partial charge < -0.3 is 0 Å². The molecule has 0 saturated carbocycles. The highest BCUT2D eigenvalue weighted by molar-refractivity contribution is 5.88. The molecule has 1 aromatic rings. The number of hydrogen-bond donors (Lipinski definition) is 0. The van der Waals surface area contributed by atoms with Crippen LogP contribution in [0.2, 0.25) is 0 Å². The van der Waals surface area contributed by atoms with Crippen molar-refractivity contribution in [2.24, 2.45) is 0 Å². The Morgan fingerprint density at radius 2 is 1.62 bits per heavy atom. The first-order valence-electron chi connectivity index (χ1n) is 5.68. The lowest BCUT2D eigenvalue weighted by Gasteiger charge is -2.46. The summed E-state index contributed by atoms with van der Waals surface area (Å²) in [6, 6.07) is 7.67. The average molecular weight is 303 g/mol. The second-order valence-corrected chi connectivity index (χ2v) is 4.35. The number of nitrogens with zero attached hydrogens (tertiary/aromatic N) is 1. The minimum Gasteiger partial charge on any atom is -0.221 e. The third kappa shape index (κ3) is 1.94. The first kappa shape index (κ1) is 15.2. The van der Waals surface area contributed by atoms with Crippen LogP contribution in [-0.2, 0) is 0 Å². The number of benzene rings is 1. The molecular weight excluding hydrogens is 296 g/mol. The minimum absolute atomic E-state index is 0.305. The predicted molar refractivity (Wildman–Crippen MR) is 63.0 cm³/mol. The second-order valence-electron chi connectivity index (χ2n) is 4.35. The van der Waals surface area contributed by atoms with E-state index in [0.717, 1.165) is 12.1 Å². The summed E-state index contributed by atoms with van der Waals surface area (Å²) < 4.78 is 80.1. The lowest BCUT2D eigenvalue weighted by molar-refractivity contribution is -0.276. The van der Waals surface area contributed by atoms with Crippen molar-refractivity contribution in [1.29, 1.82) is 5.26 Å². The van der Waals surface area contributed by atoms with Gasteiger partial charge in [-0.05, 0) is 11.6 Å². The quantitative estimate of drug-likeness (QED) is 0.585. The molecule has 1 aromatic carbocycles. The van der Waals surface area contributed by atoms with Crippen LogP contribution < -0.4 is 0 Å². The zero-order valence-electron chi connectivity index (χ0n) is 10.3. The average Bonchev–Trinajstić information content (AvgIpc) is 2.42. The fourth-order valence-electron chi connectivity index (χ4n) is 2.21. The summed E-state index contributed by atoms with van der Waals surface area (Å²) in [7, 11) is 0. The first-order chi connectivity index (χ1) is 9.68. The third-order valence-electron chi connectivity index (χ3n) is 3.16. The zero-order valence-corrected chi connectivity index (χ0v) is 10.3. The van der Waals surface area contributed by atoms with Crippen molar-refractivity contribution < 1.29 is 26.3 Å². The van der Waals surface area contributed by atoms with Gasteiger partial charge in [0, 0.05) is 17.2 Å². The van der Waals surface area contributed by atoms with Crippen molar-refractivity contribution >= 4 is 5.57 Å². The van der Waals surface area contributed by atoms with Gasteiger partial charge in [-0.1, -0.05) is 30.3 Å². The van der Waals surface area contributed by atoms with Gasteiger partial charge in [-0.15, -0.1) is 0 Å². The van der Waals surface area contributed by atoms with E-state index < -0.39 is 28.9 Å². The standard InChI is InChI=1S/C14H7F6N/c15-12(14(18,19)20)11(9-5-2-1-3-6-9)10(7-4-8-21)13(12,16)17/h1-7H. The fourth-order valence-corrected chi connectivity index (χ4v) is 2.21. The van der Waals surface area contributed by atoms with Crippen molar-refractivity contribution in [2.75, 3.05) is 0 Å². The topological polar surface area (TPSA) is 23.8 Å². The summed E-state index contributed by atoms with van der Waals surface area (Å²) in [5.41, 5.74) is -7.38. The molecule has 0 radical (unpaired) electrons. The van der Waals surface area contributed by atoms with Crippen molar-refractivity contribution in [3.8, 4) is 6.07 Å². The van der Waals surface area contributed by atoms with Crippen molar-refractivity contribution in [2.45, 2.75) is 17.8 Å². The molecule has 7 heteroatoms. The Kier molecular flexibility index (Phi) is 3.36. The molecule has 0 heterocycles. The van der Waals surface area contributed by atoms with Crippen LogP contribution in [0.4, 0.5) is 26.3 Å². The molecule has 0 saturated heterocycles. The molecule has 0 spiro atoms. The van der Waals surface area contributed by atoms with E-state index in [4.69, 9.17) is 5.26 Å². The Hall–Kier alpha value is -2.23. The summed E-state index contributed by atoms with van der Waals surface area (Å²) >= 11 is 0. The maximum absolute atomic E-state index is 14.2. The van der Waals surface area contributed by atoms with Gasteiger partial charge in [-0.2, -0.15) is 27.2 Å². The maximum Gasteiger partial charge on any atom is 0.433 e. The van der Waals surface area contributed by atoms with Gasteiger partial charge in [0.2, 0.25) is 0 Å². The maximum atomic E-state index is 14.2. The Morgan fingerprint density at radius 3 is 2.10 bits per heavy atom. The number of hydrogen-bond acceptors (Lipinski definition) is 1. The minimum atomic E-state index is -5.77. The molecule has 21 heavy (non-hydrogen) atoms. The first-order valence-corrected chi connectivity index (χ1v) is 5.68. The van der Waals surface area contributed by atoms with Crippen LogP contribution in [-0.4, -0.2) is 17.8 Å². The van der Waals surface area contributed by atoms with E-state index in [0.29, 0.717) is 12.2 Å². The molecule has 2 rings (SSSR count). The molecule has 0 aromatic heterocycles. The van der Waals surface area contributed by atoms with Crippen LogP contribution >= 0.6 is 0 Å². The van der Waals surface area contributed by atoms with E-state index in [2.05, 4.69) is 0 Å².